The first-order chi connectivity index (χ1) is 9.10. The Morgan fingerprint density at radius 3 is 2.47 bits per heavy atom. The molecule has 0 atom stereocenters. The zero-order valence-corrected chi connectivity index (χ0v) is 11.5. The third kappa shape index (κ3) is 2.26. The predicted octanol–water partition coefficient (Wildman–Crippen LogP) is 2.02. The number of pyridine rings is 1. The first kappa shape index (κ1) is 13.3. The third-order valence-electron chi connectivity index (χ3n) is 3.44. The molecule has 0 radical (unpaired) electrons. The minimum Gasteiger partial charge on any atom is -0.339 e. The van der Waals surface area contributed by atoms with Crippen LogP contribution in [0, 0.1) is 0 Å². The number of hydrogen-bond donors (Lipinski definition) is 0. The van der Waals surface area contributed by atoms with Gasteiger partial charge in [-0.1, -0.05) is 18.2 Å². The Bertz CT molecular complexity index is 669. The highest BCUT2D eigenvalue weighted by Crippen LogP contribution is 2.17. The zero-order valence-electron chi connectivity index (χ0n) is 11.5. The number of fused-ring (bicyclic) bond motifs is 1. The Balaban J connectivity index is 2.71. The maximum absolute atomic E-state index is 12.5. The molecule has 1 amide bonds. The lowest BCUT2D eigenvalue weighted by Gasteiger charge is -2.20. The molecule has 4 heteroatoms. The number of hydrogen-bond acceptors (Lipinski definition) is 2. The summed E-state index contributed by atoms with van der Waals surface area (Å²) >= 11 is 0. The molecule has 0 aliphatic carbocycles. The number of carbonyl (C=O) groups excluding carboxylic acids is 1. The van der Waals surface area contributed by atoms with Gasteiger partial charge in [0.1, 0.15) is 0 Å². The Morgan fingerprint density at radius 2 is 1.84 bits per heavy atom. The molecular formula is C15H18N2O2. The molecule has 1 heterocycles. The highest BCUT2D eigenvalue weighted by Gasteiger charge is 2.17. The van der Waals surface area contributed by atoms with Crippen molar-refractivity contribution >= 4 is 16.8 Å². The minimum atomic E-state index is -0.158. The highest BCUT2D eigenvalue weighted by atomic mass is 16.2. The minimum absolute atomic E-state index is 0.0844. The van der Waals surface area contributed by atoms with Gasteiger partial charge in [0.2, 0.25) is 0 Å². The third-order valence-corrected chi connectivity index (χ3v) is 3.44. The van der Waals surface area contributed by atoms with Gasteiger partial charge in [0.25, 0.3) is 11.5 Å². The zero-order chi connectivity index (χ0) is 14.0. The van der Waals surface area contributed by atoms with Crippen LogP contribution in [0.1, 0.15) is 24.2 Å². The molecule has 1 aromatic carbocycles. The van der Waals surface area contributed by atoms with Gasteiger partial charge in [0.05, 0.1) is 11.1 Å². The van der Waals surface area contributed by atoms with Gasteiger partial charge in [-0.25, -0.2) is 0 Å². The van der Waals surface area contributed by atoms with Crippen LogP contribution in [0.5, 0.6) is 0 Å². The van der Waals surface area contributed by atoms with Gasteiger partial charge in [0, 0.05) is 31.6 Å². The Kier molecular flexibility index (Phi) is 3.69. The fourth-order valence-electron chi connectivity index (χ4n) is 2.27. The van der Waals surface area contributed by atoms with Crippen molar-refractivity contribution in [3.8, 4) is 0 Å². The predicted molar refractivity (Wildman–Crippen MR) is 76.4 cm³/mol. The van der Waals surface area contributed by atoms with Gasteiger partial charge in [-0.15, -0.1) is 0 Å². The highest BCUT2D eigenvalue weighted by molar-refractivity contribution is 6.06. The van der Waals surface area contributed by atoms with E-state index in [1.165, 1.54) is 6.07 Å². The normalized spacial score (nSPS) is 10.7. The second kappa shape index (κ2) is 5.26. The largest absolute Gasteiger partial charge is 0.339 e. The lowest BCUT2D eigenvalue weighted by atomic mass is 10.1. The van der Waals surface area contributed by atoms with Gasteiger partial charge >= 0.3 is 0 Å². The Morgan fingerprint density at radius 1 is 1.21 bits per heavy atom. The van der Waals surface area contributed by atoms with Crippen LogP contribution in [0.4, 0.5) is 0 Å². The first-order valence-electron chi connectivity index (χ1n) is 6.48. The van der Waals surface area contributed by atoms with Crippen LogP contribution in [0.3, 0.4) is 0 Å². The van der Waals surface area contributed by atoms with E-state index in [4.69, 9.17) is 0 Å². The fraction of sp³-hybridized carbons (Fsp3) is 0.333. The summed E-state index contributed by atoms with van der Waals surface area (Å²) in [6.45, 7) is 5.15. The molecule has 0 fully saturated rings. The van der Waals surface area contributed by atoms with Gasteiger partial charge in [-0.2, -0.15) is 0 Å². The average molecular weight is 258 g/mol. The van der Waals surface area contributed by atoms with Crippen molar-refractivity contribution in [3.63, 3.8) is 0 Å². The quantitative estimate of drug-likeness (QED) is 0.845. The Hall–Kier alpha value is -2.10. The number of benzene rings is 1. The number of carbonyl (C=O) groups is 1. The van der Waals surface area contributed by atoms with Crippen molar-refractivity contribution in [1.82, 2.24) is 9.47 Å². The van der Waals surface area contributed by atoms with E-state index >= 15 is 0 Å². The van der Waals surface area contributed by atoms with Gasteiger partial charge in [0.15, 0.2) is 0 Å². The summed E-state index contributed by atoms with van der Waals surface area (Å²) in [5.41, 5.74) is 1.11. The summed E-state index contributed by atoms with van der Waals surface area (Å²) in [5, 5.41) is 0.821. The van der Waals surface area contributed by atoms with Crippen LogP contribution in [0.2, 0.25) is 0 Å². The molecule has 0 aliphatic heterocycles. The van der Waals surface area contributed by atoms with Gasteiger partial charge in [-0.05, 0) is 19.9 Å². The number of amides is 1. The van der Waals surface area contributed by atoms with Gasteiger partial charge in [-0.3, -0.25) is 9.59 Å². The van der Waals surface area contributed by atoms with E-state index < -0.39 is 0 Å². The average Bonchev–Trinajstić information content (AvgIpc) is 2.44. The van der Waals surface area contributed by atoms with Crippen molar-refractivity contribution in [2.75, 3.05) is 13.1 Å². The molecule has 2 aromatic rings. The van der Waals surface area contributed by atoms with Crippen LogP contribution in [-0.2, 0) is 7.05 Å². The number of aryl methyl sites for hydroxylation is 1. The van der Waals surface area contributed by atoms with Gasteiger partial charge < -0.3 is 9.47 Å². The van der Waals surface area contributed by atoms with Crippen molar-refractivity contribution < 1.29 is 4.79 Å². The number of para-hydroxylation sites is 1. The Labute approximate surface area is 112 Å². The monoisotopic (exact) mass is 258 g/mol. The number of rotatable bonds is 3. The molecule has 2 rings (SSSR count). The van der Waals surface area contributed by atoms with Crippen LogP contribution >= 0.6 is 0 Å². The molecule has 0 unspecified atom stereocenters. The lowest BCUT2D eigenvalue weighted by molar-refractivity contribution is 0.0774. The SMILES string of the molecule is CCN(CC)C(=O)c1cc(=O)n(C)c2ccccc12. The van der Waals surface area contributed by atoms with Crippen LogP contribution in [0.15, 0.2) is 35.1 Å². The molecule has 0 aliphatic rings. The molecule has 0 saturated heterocycles. The van der Waals surface area contributed by atoms with Crippen molar-refractivity contribution in [2.24, 2.45) is 7.05 Å². The van der Waals surface area contributed by atoms with E-state index in [0.29, 0.717) is 18.7 Å². The van der Waals surface area contributed by atoms with Crippen LogP contribution in [-0.4, -0.2) is 28.5 Å². The summed E-state index contributed by atoms with van der Waals surface area (Å²) < 4.78 is 1.56. The fourth-order valence-corrected chi connectivity index (χ4v) is 2.27. The van der Waals surface area contributed by atoms with E-state index in [1.54, 1.807) is 16.5 Å². The summed E-state index contributed by atoms with van der Waals surface area (Å²) in [7, 11) is 1.72. The molecule has 0 spiro atoms. The van der Waals surface area contributed by atoms with E-state index in [2.05, 4.69) is 0 Å². The smallest absolute Gasteiger partial charge is 0.254 e. The summed E-state index contributed by atoms with van der Waals surface area (Å²) in [6.07, 6.45) is 0. The number of aromatic nitrogens is 1. The topological polar surface area (TPSA) is 42.3 Å². The maximum Gasteiger partial charge on any atom is 0.254 e. The van der Waals surface area contributed by atoms with E-state index in [0.717, 1.165) is 10.9 Å². The lowest BCUT2D eigenvalue weighted by Crippen LogP contribution is -2.32. The van der Waals surface area contributed by atoms with E-state index in [9.17, 15) is 9.59 Å². The van der Waals surface area contributed by atoms with E-state index in [1.807, 2.05) is 38.1 Å². The summed E-state index contributed by atoms with van der Waals surface area (Å²) in [5.74, 6) is -0.0844. The van der Waals surface area contributed by atoms with Crippen molar-refractivity contribution in [2.45, 2.75) is 13.8 Å². The van der Waals surface area contributed by atoms with Crippen molar-refractivity contribution in [1.29, 1.82) is 0 Å². The summed E-state index contributed by atoms with van der Waals surface area (Å²) in [6, 6.07) is 8.92. The van der Waals surface area contributed by atoms with Crippen LogP contribution < -0.4 is 5.56 Å². The molecule has 4 nitrogen and oxygen atoms in total. The second-order valence-electron chi connectivity index (χ2n) is 4.45. The molecular weight excluding hydrogens is 240 g/mol. The molecule has 0 N–H and O–H groups in total. The second-order valence-corrected chi connectivity index (χ2v) is 4.45. The van der Waals surface area contributed by atoms with Crippen molar-refractivity contribution in [3.05, 3.63) is 46.2 Å². The maximum atomic E-state index is 12.5. The number of nitrogens with zero attached hydrogens (tertiary/aromatic N) is 2. The standard InChI is InChI=1S/C15H18N2O2/c1-4-17(5-2)15(19)12-10-14(18)16(3)13-9-7-6-8-11(12)13/h6-10H,4-5H2,1-3H3. The first-order valence-corrected chi connectivity index (χ1v) is 6.48. The molecule has 0 saturated carbocycles. The molecule has 100 valence electrons. The van der Waals surface area contributed by atoms with Crippen LogP contribution in [0.25, 0.3) is 10.9 Å². The van der Waals surface area contributed by atoms with E-state index in [-0.39, 0.29) is 11.5 Å². The molecule has 1 aromatic heterocycles. The summed E-state index contributed by atoms with van der Waals surface area (Å²) in [4.78, 5) is 26.1. The molecule has 0 bridgehead atoms. The molecule has 19 heavy (non-hydrogen) atoms.